The first kappa shape index (κ1) is 15.5. The van der Waals surface area contributed by atoms with E-state index in [-0.39, 0.29) is 16.7 Å². The monoisotopic (exact) mass is 334 g/mol. The maximum atomic E-state index is 12.9. The molecule has 7 heteroatoms. The van der Waals surface area contributed by atoms with Crippen LogP contribution in [-0.4, -0.2) is 35.1 Å². The Morgan fingerprint density at radius 2 is 2.00 bits per heavy atom. The number of hydrogen-bond acceptors (Lipinski definition) is 3. The van der Waals surface area contributed by atoms with Crippen molar-refractivity contribution in [2.24, 2.45) is 0 Å². The number of carbonyl (C=O) groups excluding carboxylic acids is 1. The van der Waals surface area contributed by atoms with E-state index in [1.54, 1.807) is 34.9 Å². The Morgan fingerprint density at radius 3 is 2.61 bits per heavy atom. The molecule has 0 atom stereocenters. The Kier molecular flexibility index (Phi) is 4.04. The average molecular weight is 334 g/mol. The van der Waals surface area contributed by atoms with Crippen LogP contribution in [0.25, 0.3) is 0 Å². The summed E-state index contributed by atoms with van der Waals surface area (Å²) in [6.45, 7) is 3.20. The molecule has 1 N–H and O–H groups in total. The van der Waals surface area contributed by atoms with Gasteiger partial charge in [-0.15, -0.1) is 11.3 Å². The number of thiophene rings is 1. The Balaban J connectivity index is 1.75. The van der Waals surface area contributed by atoms with Crippen LogP contribution in [0, 0.1) is 12.7 Å². The van der Waals surface area contributed by atoms with Gasteiger partial charge in [0.15, 0.2) is 0 Å². The van der Waals surface area contributed by atoms with Gasteiger partial charge in [0.2, 0.25) is 0 Å². The summed E-state index contributed by atoms with van der Waals surface area (Å²) >= 11 is 1.11. The van der Waals surface area contributed by atoms with E-state index in [0.29, 0.717) is 30.2 Å². The van der Waals surface area contributed by atoms with Crippen LogP contribution in [0.3, 0.4) is 0 Å². The second kappa shape index (κ2) is 6.00. The van der Waals surface area contributed by atoms with E-state index in [2.05, 4.69) is 0 Å². The number of rotatable bonds is 4. The second-order valence-electron chi connectivity index (χ2n) is 5.38. The summed E-state index contributed by atoms with van der Waals surface area (Å²) in [5, 5.41) is 9.77. The number of aromatic carboxylic acids is 1. The van der Waals surface area contributed by atoms with E-state index >= 15 is 0 Å². The van der Waals surface area contributed by atoms with Gasteiger partial charge in [0.25, 0.3) is 0 Å². The molecule has 1 aliphatic heterocycles. The fraction of sp³-hybridized carbons (Fsp3) is 0.250. The summed E-state index contributed by atoms with van der Waals surface area (Å²) in [6, 6.07) is 7.62. The lowest BCUT2D eigenvalue weighted by Crippen LogP contribution is -2.30. The van der Waals surface area contributed by atoms with Crippen LogP contribution in [-0.2, 0) is 6.54 Å². The number of carbonyl (C=O) groups is 2. The summed E-state index contributed by atoms with van der Waals surface area (Å²) < 4.78 is 12.9. The molecule has 0 saturated carbocycles. The summed E-state index contributed by atoms with van der Waals surface area (Å²) in [5.74, 6) is -1.29. The smallest absolute Gasteiger partial charge is 0.346 e. The van der Waals surface area contributed by atoms with E-state index in [1.807, 2.05) is 0 Å². The molecular weight excluding hydrogens is 319 g/mol. The van der Waals surface area contributed by atoms with E-state index in [4.69, 9.17) is 5.11 Å². The molecule has 120 valence electrons. The molecule has 0 aliphatic carbocycles. The molecule has 0 spiro atoms. The van der Waals surface area contributed by atoms with Gasteiger partial charge in [-0.1, -0.05) is 12.1 Å². The maximum absolute atomic E-state index is 12.9. The predicted octanol–water partition coefficient (Wildman–Crippen LogP) is 3.34. The standard InChI is InChI=1S/C16H15FN2O3S/c1-10-8-13(23-14(10)15(20)21)19-7-6-18(16(19)22)9-11-2-4-12(17)5-3-11/h2-5,8H,6-7,9H2,1H3,(H,20,21). The minimum atomic E-state index is -0.978. The summed E-state index contributed by atoms with van der Waals surface area (Å²) in [7, 11) is 0. The van der Waals surface area contributed by atoms with Crippen molar-refractivity contribution >= 4 is 28.3 Å². The van der Waals surface area contributed by atoms with E-state index in [9.17, 15) is 14.0 Å². The number of halogens is 1. The predicted molar refractivity (Wildman–Crippen MR) is 85.6 cm³/mol. The van der Waals surface area contributed by atoms with Crippen molar-refractivity contribution in [3.8, 4) is 0 Å². The number of urea groups is 1. The highest BCUT2D eigenvalue weighted by Crippen LogP contribution is 2.32. The van der Waals surface area contributed by atoms with Crippen molar-refractivity contribution in [1.29, 1.82) is 0 Å². The Bertz CT molecular complexity index is 757. The molecule has 0 bridgehead atoms. The maximum Gasteiger partial charge on any atom is 0.346 e. The van der Waals surface area contributed by atoms with Crippen LogP contribution in [0.2, 0.25) is 0 Å². The average Bonchev–Trinajstić information content (AvgIpc) is 3.05. The number of benzene rings is 1. The first-order valence-corrected chi connectivity index (χ1v) is 7.92. The van der Waals surface area contributed by atoms with Crippen LogP contribution in [0.1, 0.15) is 20.8 Å². The molecule has 1 aromatic carbocycles. The number of carboxylic acids is 1. The third-order valence-electron chi connectivity index (χ3n) is 3.75. The van der Waals surface area contributed by atoms with Crippen molar-refractivity contribution in [2.45, 2.75) is 13.5 Å². The van der Waals surface area contributed by atoms with E-state index in [0.717, 1.165) is 16.9 Å². The third kappa shape index (κ3) is 3.05. The number of amides is 2. The molecule has 1 saturated heterocycles. The zero-order valence-corrected chi connectivity index (χ0v) is 13.3. The third-order valence-corrected chi connectivity index (χ3v) is 4.99. The number of nitrogens with zero attached hydrogens (tertiary/aromatic N) is 2. The lowest BCUT2D eigenvalue weighted by Gasteiger charge is -2.17. The van der Waals surface area contributed by atoms with Crippen LogP contribution in [0.5, 0.6) is 0 Å². The fourth-order valence-corrected chi connectivity index (χ4v) is 3.59. The minimum absolute atomic E-state index is 0.160. The molecule has 2 aromatic rings. The summed E-state index contributed by atoms with van der Waals surface area (Å²) in [5.41, 5.74) is 1.51. The molecule has 23 heavy (non-hydrogen) atoms. The zero-order valence-electron chi connectivity index (χ0n) is 12.5. The van der Waals surface area contributed by atoms with Crippen LogP contribution >= 0.6 is 11.3 Å². The largest absolute Gasteiger partial charge is 0.477 e. The van der Waals surface area contributed by atoms with Gasteiger partial charge in [-0.05, 0) is 36.2 Å². The van der Waals surface area contributed by atoms with Gasteiger partial charge >= 0.3 is 12.0 Å². The number of anilines is 1. The first-order valence-electron chi connectivity index (χ1n) is 7.10. The van der Waals surface area contributed by atoms with Crippen LogP contribution in [0.15, 0.2) is 30.3 Å². The lowest BCUT2D eigenvalue weighted by molar-refractivity contribution is 0.0701. The lowest BCUT2D eigenvalue weighted by atomic mass is 10.2. The van der Waals surface area contributed by atoms with Gasteiger partial charge in [0, 0.05) is 19.6 Å². The van der Waals surface area contributed by atoms with Crippen molar-refractivity contribution in [3.63, 3.8) is 0 Å². The number of aryl methyl sites for hydroxylation is 1. The fourth-order valence-electron chi connectivity index (χ4n) is 2.55. The van der Waals surface area contributed by atoms with Crippen molar-refractivity contribution in [3.05, 3.63) is 52.2 Å². The highest BCUT2D eigenvalue weighted by molar-refractivity contribution is 7.18. The van der Waals surface area contributed by atoms with E-state index in [1.165, 1.54) is 12.1 Å². The van der Waals surface area contributed by atoms with Crippen LogP contribution in [0.4, 0.5) is 14.2 Å². The van der Waals surface area contributed by atoms with Crippen molar-refractivity contribution < 1.29 is 19.1 Å². The highest BCUT2D eigenvalue weighted by atomic mass is 32.1. The molecule has 2 heterocycles. The van der Waals surface area contributed by atoms with Gasteiger partial charge in [-0.2, -0.15) is 0 Å². The molecule has 0 unspecified atom stereocenters. The van der Waals surface area contributed by atoms with E-state index < -0.39 is 5.97 Å². The molecule has 0 radical (unpaired) electrons. The molecule has 1 fully saturated rings. The Labute approximate surface area is 136 Å². The summed E-state index contributed by atoms with van der Waals surface area (Å²) in [6.07, 6.45) is 0. The molecule has 2 amide bonds. The van der Waals surface area contributed by atoms with Gasteiger partial charge in [-0.25, -0.2) is 14.0 Å². The SMILES string of the molecule is Cc1cc(N2CCN(Cc3ccc(F)cc3)C2=O)sc1C(=O)O. The summed E-state index contributed by atoms with van der Waals surface area (Å²) in [4.78, 5) is 27.1. The topological polar surface area (TPSA) is 60.9 Å². The van der Waals surface area contributed by atoms with Crippen molar-refractivity contribution in [2.75, 3.05) is 18.0 Å². The molecule has 5 nitrogen and oxygen atoms in total. The molecule has 1 aromatic heterocycles. The van der Waals surface area contributed by atoms with Gasteiger partial charge in [0.1, 0.15) is 15.7 Å². The number of carboxylic acid groups (broad SMARTS) is 1. The highest BCUT2D eigenvalue weighted by Gasteiger charge is 2.31. The van der Waals surface area contributed by atoms with Gasteiger partial charge in [-0.3, -0.25) is 4.90 Å². The van der Waals surface area contributed by atoms with Crippen molar-refractivity contribution in [1.82, 2.24) is 4.90 Å². The Hall–Kier alpha value is -2.41. The quantitative estimate of drug-likeness (QED) is 0.933. The first-order chi connectivity index (χ1) is 11.0. The van der Waals surface area contributed by atoms with Crippen LogP contribution < -0.4 is 4.90 Å². The second-order valence-corrected chi connectivity index (χ2v) is 6.41. The zero-order chi connectivity index (χ0) is 16.6. The molecule has 1 aliphatic rings. The van der Waals surface area contributed by atoms with Gasteiger partial charge < -0.3 is 10.0 Å². The normalized spacial score (nSPS) is 14.6. The molecule has 3 rings (SSSR count). The number of hydrogen-bond donors (Lipinski definition) is 1. The Morgan fingerprint density at radius 1 is 1.30 bits per heavy atom. The van der Waals surface area contributed by atoms with Gasteiger partial charge in [0.05, 0.1) is 0 Å². The molecular formula is C16H15FN2O3S. The minimum Gasteiger partial charge on any atom is -0.477 e.